The Morgan fingerprint density at radius 3 is 3.10 bits per heavy atom. The van der Waals surface area contributed by atoms with Crippen LogP contribution in [0.2, 0.25) is 0 Å². The van der Waals surface area contributed by atoms with E-state index in [-0.39, 0.29) is 5.92 Å². The van der Waals surface area contributed by atoms with Crippen LogP contribution in [0.15, 0.2) is 30.6 Å². The van der Waals surface area contributed by atoms with Gasteiger partial charge in [0, 0.05) is 22.1 Å². The molecule has 2 aromatic rings. The molecule has 20 heavy (non-hydrogen) atoms. The van der Waals surface area contributed by atoms with Gasteiger partial charge in [0.15, 0.2) is 0 Å². The summed E-state index contributed by atoms with van der Waals surface area (Å²) >= 11 is 1.79. The Kier molecular flexibility index (Phi) is 3.83. The summed E-state index contributed by atoms with van der Waals surface area (Å²) < 4.78 is 0. The standard InChI is InChI=1S/C16H17NO2S/c18-16(19)13-5-4-12-8-14(20-15(12)9-13)6-3-11-2-1-7-17-10-11/h1-2,7-8,10,13H,3-6,9H2,(H,18,19). The number of rotatable bonds is 4. The van der Waals surface area contributed by atoms with Gasteiger partial charge in [0.25, 0.3) is 0 Å². The van der Waals surface area contributed by atoms with Gasteiger partial charge in [-0.3, -0.25) is 9.78 Å². The summed E-state index contributed by atoms with van der Waals surface area (Å²) in [5, 5.41) is 9.12. The predicted molar refractivity (Wildman–Crippen MR) is 79.1 cm³/mol. The smallest absolute Gasteiger partial charge is 0.306 e. The van der Waals surface area contributed by atoms with Gasteiger partial charge in [0.2, 0.25) is 0 Å². The average molecular weight is 287 g/mol. The summed E-state index contributed by atoms with van der Waals surface area (Å²) in [6.07, 6.45) is 8.11. The van der Waals surface area contributed by atoms with Crippen LogP contribution in [0.25, 0.3) is 0 Å². The van der Waals surface area contributed by atoms with Crippen LogP contribution in [0.3, 0.4) is 0 Å². The topological polar surface area (TPSA) is 50.2 Å². The number of hydrogen-bond donors (Lipinski definition) is 1. The molecule has 0 saturated carbocycles. The Balaban J connectivity index is 1.67. The molecule has 1 aliphatic carbocycles. The fraction of sp³-hybridized carbons (Fsp3) is 0.375. The number of aromatic nitrogens is 1. The highest BCUT2D eigenvalue weighted by molar-refractivity contribution is 7.12. The molecule has 0 fully saturated rings. The molecular weight excluding hydrogens is 270 g/mol. The molecule has 4 heteroatoms. The van der Waals surface area contributed by atoms with E-state index < -0.39 is 5.97 Å². The lowest BCUT2D eigenvalue weighted by atomic mass is 9.89. The van der Waals surface area contributed by atoms with E-state index in [9.17, 15) is 4.79 Å². The molecule has 104 valence electrons. The molecule has 0 amide bonds. The monoisotopic (exact) mass is 287 g/mol. The molecule has 0 spiro atoms. The molecule has 3 nitrogen and oxygen atoms in total. The maximum Gasteiger partial charge on any atom is 0.306 e. The largest absolute Gasteiger partial charge is 0.481 e. The van der Waals surface area contributed by atoms with Crippen LogP contribution in [-0.2, 0) is 30.5 Å². The first-order valence-corrected chi connectivity index (χ1v) is 7.76. The second-order valence-corrected chi connectivity index (χ2v) is 6.52. The Morgan fingerprint density at radius 2 is 2.35 bits per heavy atom. The second kappa shape index (κ2) is 5.75. The average Bonchev–Trinajstić information content (AvgIpc) is 2.88. The minimum Gasteiger partial charge on any atom is -0.481 e. The fourth-order valence-corrected chi connectivity index (χ4v) is 4.01. The Morgan fingerprint density at radius 1 is 1.45 bits per heavy atom. The number of fused-ring (bicyclic) bond motifs is 1. The molecule has 2 aromatic heterocycles. The van der Waals surface area contributed by atoms with Crippen molar-refractivity contribution in [1.82, 2.24) is 4.98 Å². The lowest BCUT2D eigenvalue weighted by molar-refractivity contribution is -0.142. The minimum absolute atomic E-state index is 0.188. The van der Waals surface area contributed by atoms with Gasteiger partial charge < -0.3 is 5.11 Å². The Bertz CT molecular complexity index is 606. The Labute approximate surface area is 122 Å². The third-order valence-corrected chi connectivity index (χ3v) is 5.13. The van der Waals surface area contributed by atoms with Gasteiger partial charge in [-0.05, 0) is 55.4 Å². The van der Waals surface area contributed by atoms with Gasteiger partial charge in [-0.25, -0.2) is 0 Å². The normalized spacial score (nSPS) is 17.7. The zero-order valence-electron chi connectivity index (χ0n) is 11.2. The summed E-state index contributed by atoms with van der Waals surface area (Å²) in [7, 11) is 0. The zero-order chi connectivity index (χ0) is 13.9. The van der Waals surface area contributed by atoms with Crippen molar-refractivity contribution in [3.63, 3.8) is 0 Å². The number of nitrogens with zero attached hydrogens (tertiary/aromatic N) is 1. The summed E-state index contributed by atoms with van der Waals surface area (Å²) in [6.45, 7) is 0. The van der Waals surface area contributed by atoms with Gasteiger partial charge in [0.1, 0.15) is 0 Å². The van der Waals surface area contributed by atoms with Crippen molar-refractivity contribution in [3.8, 4) is 0 Å². The lowest BCUT2D eigenvalue weighted by Gasteiger charge is -2.17. The number of carboxylic acid groups (broad SMARTS) is 1. The number of aliphatic carboxylic acids is 1. The molecule has 1 N–H and O–H groups in total. The van der Waals surface area contributed by atoms with E-state index in [1.165, 1.54) is 20.9 Å². The maximum absolute atomic E-state index is 11.1. The molecule has 1 atom stereocenters. The second-order valence-electron chi connectivity index (χ2n) is 5.30. The van der Waals surface area contributed by atoms with Gasteiger partial charge in [-0.1, -0.05) is 6.07 Å². The third kappa shape index (κ3) is 2.90. The number of thiophene rings is 1. The van der Waals surface area contributed by atoms with E-state index >= 15 is 0 Å². The molecular formula is C16H17NO2S. The highest BCUT2D eigenvalue weighted by atomic mass is 32.1. The van der Waals surface area contributed by atoms with E-state index in [2.05, 4.69) is 17.1 Å². The number of pyridine rings is 1. The molecule has 0 radical (unpaired) electrons. The van der Waals surface area contributed by atoms with Gasteiger partial charge >= 0.3 is 5.97 Å². The van der Waals surface area contributed by atoms with Crippen LogP contribution in [0.1, 0.15) is 27.3 Å². The summed E-state index contributed by atoms with van der Waals surface area (Å²) in [6, 6.07) is 6.33. The summed E-state index contributed by atoms with van der Waals surface area (Å²) in [4.78, 5) is 17.9. The molecule has 0 aromatic carbocycles. The number of carbonyl (C=O) groups is 1. The zero-order valence-corrected chi connectivity index (χ0v) is 12.0. The predicted octanol–water partition coefficient (Wildman–Crippen LogP) is 3.12. The van der Waals surface area contributed by atoms with Crippen LogP contribution in [0.5, 0.6) is 0 Å². The summed E-state index contributed by atoms with van der Waals surface area (Å²) in [5.74, 6) is -0.840. The first-order chi connectivity index (χ1) is 9.72. The molecule has 0 saturated heterocycles. The fourth-order valence-electron chi connectivity index (χ4n) is 2.72. The van der Waals surface area contributed by atoms with E-state index in [0.29, 0.717) is 6.42 Å². The van der Waals surface area contributed by atoms with Gasteiger partial charge in [-0.2, -0.15) is 0 Å². The first-order valence-electron chi connectivity index (χ1n) is 6.94. The number of aryl methyl sites for hydroxylation is 3. The van der Waals surface area contributed by atoms with Gasteiger partial charge in [0.05, 0.1) is 5.92 Å². The van der Waals surface area contributed by atoms with Crippen molar-refractivity contribution in [3.05, 3.63) is 51.5 Å². The molecule has 1 unspecified atom stereocenters. The van der Waals surface area contributed by atoms with Crippen LogP contribution in [0, 0.1) is 5.92 Å². The van der Waals surface area contributed by atoms with Crippen molar-refractivity contribution in [1.29, 1.82) is 0 Å². The van der Waals surface area contributed by atoms with E-state index in [0.717, 1.165) is 25.7 Å². The molecule has 2 heterocycles. The quantitative estimate of drug-likeness (QED) is 0.940. The van der Waals surface area contributed by atoms with Crippen molar-refractivity contribution < 1.29 is 9.90 Å². The highest BCUT2D eigenvalue weighted by Gasteiger charge is 2.25. The van der Waals surface area contributed by atoms with Crippen LogP contribution < -0.4 is 0 Å². The van der Waals surface area contributed by atoms with Crippen molar-refractivity contribution in [2.75, 3.05) is 0 Å². The molecule has 1 aliphatic rings. The maximum atomic E-state index is 11.1. The van der Waals surface area contributed by atoms with Gasteiger partial charge in [-0.15, -0.1) is 11.3 Å². The van der Waals surface area contributed by atoms with Crippen molar-refractivity contribution >= 4 is 17.3 Å². The molecule has 0 bridgehead atoms. The van der Waals surface area contributed by atoms with E-state index in [1.54, 1.807) is 17.5 Å². The molecule has 0 aliphatic heterocycles. The van der Waals surface area contributed by atoms with Crippen LogP contribution in [0.4, 0.5) is 0 Å². The number of carboxylic acids is 1. The van der Waals surface area contributed by atoms with Crippen LogP contribution in [-0.4, -0.2) is 16.1 Å². The number of hydrogen-bond acceptors (Lipinski definition) is 3. The van der Waals surface area contributed by atoms with Crippen molar-refractivity contribution in [2.24, 2.45) is 5.92 Å². The SMILES string of the molecule is O=C(O)C1CCc2cc(CCc3cccnc3)sc2C1. The minimum atomic E-state index is -0.652. The lowest BCUT2D eigenvalue weighted by Crippen LogP contribution is -2.20. The Hall–Kier alpha value is -1.68. The molecule has 3 rings (SSSR count). The highest BCUT2D eigenvalue weighted by Crippen LogP contribution is 2.33. The van der Waals surface area contributed by atoms with E-state index in [4.69, 9.17) is 5.11 Å². The first kappa shape index (κ1) is 13.3. The van der Waals surface area contributed by atoms with Crippen molar-refractivity contribution in [2.45, 2.75) is 32.1 Å². The summed E-state index contributed by atoms with van der Waals surface area (Å²) in [5.41, 5.74) is 2.62. The van der Waals surface area contributed by atoms with Crippen LogP contribution >= 0.6 is 11.3 Å². The van der Waals surface area contributed by atoms with E-state index in [1.807, 2.05) is 12.3 Å². The third-order valence-electron chi connectivity index (χ3n) is 3.87.